The van der Waals surface area contributed by atoms with Crippen molar-refractivity contribution in [1.82, 2.24) is 9.97 Å². The largest absolute Gasteiger partial charge is 0.465 e. The predicted molar refractivity (Wildman–Crippen MR) is 62.4 cm³/mol. The van der Waals surface area contributed by atoms with E-state index in [0.717, 1.165) is 10.2 Å². The molecule has 1 unspecified atom stereocenters. The topological polar surface area (TPSA) is 75.9 Å². The highest BCUT2D eigenvalue weighted by molar-refractivity contribution is 7.17. The molecule has 0 spiro atoms. The first kappa shape index (κ1) is 11.5. The Morgan fingerprint density at radius 1 is 1.65 bits per heavy atom. The van der Waals surface area contributed by atoms with Gasteiger partial charge < -0.3 is 4.74 Å². The van der Waals surface area contributed by atoms with Gasteiger partial charge in [-0.3, -0.25) is 4.79 Å². The average molecular weight is 247 g/mol. The molecule has 1 atom stereocenters. The number of carbonyl (C=O) groups is 1. The van der Waals surface area contributed by atoms with Gasteiger partial charge in [0.1, 0.15) is 6.33 Å². The molecule has 2 aromatic rings. The van der Waals surface area contributed by atoms with Gasteiger partial charge in [0.05, 0.1) is 28.6 Å². The zero-order valence-electron chi connectivity index (χ0n) is 9.08. The van der Waals surface area contributed by atoms with Gasteiger partial charge in [-0.25, -0.2) is 9.97 Å². The smallest absolute Gasteiger partial charge is 0.329 e. The number of carbonyl (C=O) groups excluding carboxylic acids is 1. The number of nitrogens with zero attached hydrogens (tertiary/aromatic N) is 3. The van der Waals surface area contributed by atoms with Crippen molar-refractivity contribution in [3.8, 4) is 6.07 Å². The molecule has 0 aliphatic rings. The molecule has 0 aromatic carbocycles. The third kappa shape index (κ3) is 2.10. The molecule has 2 rings (SSSR count). The van der Waals surface area contributed by atoms with Crippen LogP contribution in [0, 0.1) is 11.3 Å². The number of nitriles is 1. The standard InChI is InChI=1S/C11H9N3O2S/c1-2-16-11(15)7(5-12)9-10-8(3-4-17-10)13-6-14-9/h3-4,6-7H,2H2,1H3. The third-order valence-electron chi connectivity index (χ3n) is 2.20. The Hall–Kier alpha value is -2.00. The molecule has 0 fully saturated rings. The number of ether oxygens (including phenoxy) is 1. The van der Waals surface area contributed by atoms with Crippen molar-refractivity contribution in [2.24, 2.45) is 0 Å². The van der Waals surface area contributed by atoms with Crippen LogP contribution in [0.15, 0.2) is 17.8 Å². The number of esters is 1. The SMILES string of the molecule is CCOC(=O)C(C#N)c1ncnc2ccsc12. The fourth-order valence-corrected chi connectivity index (χ4v) is 2.33. The lowest BCUT2D eigenvalue weighted by atomic mass is 10.1. The molecule has 0 aliphatic heterocycles. The molecule has 0 radical (unpaired) electrons. The van der Waals surface area contributed by atoms with Gasteiger partial charge in [0.25, 0.3) is 0 Å². The molecule has 0 aliphatic carbocycles. The molecule has 0 N–H and O–H groups in total. The lowest BCUT2D eigenvalue weighted by Gasteiger charge is -2.07. The lowest BCUT2D eigenvalue weighted by Crippen LogP contribution is -2.15. The maximum Gasteiger partial charge on any atom is 0.329 e. The van der Waals surface area contributed by atoms with Crippen molar-refractivity contribution >= 4 is 27.5 Å². The van der Waals surface area contributed by atoms with Gasteiger partial charge in [-0.15, -0.1) is 11.3 Å². The first-order valence-corrected chi connectivity index (χ1v) is 5.90. The summed E-state index contributed by atoms with van der Waals surface area (Å²) in [6.45, 7) is 1.95. The van der Waals surface area contributed by atoms with Crippen molar-refractivity contribution in [3.63, 3.8) is 0 Å². The van der Waals surface area contributed by atoms with E-state index >= 15 is 0 Å². The maximum absolute atomic E-state index is 11.6. The minimum atomic E-state index is -0.987. The molecule has 5 nitrogen and oxygen atoms in total. The first-order valence-electron chi connectivity index (χ1n) is 5.02. The highest BCUT2D eigenvalue weighted by Crippen LogP contribution is 2.27. The molecule has 0 saturated carbocycles. The minimum absolute atomic E-state index is 0.246. The molecule has 86 valence electrons. The van der Waals surface area contributed by atoms with Crippen LogP contribution in [0.5, 0.6) is 0 Å². The van der Waals surface area contributed by atoms with Crippen LogP contribution in [0.25, 0.3) is 10.2 Å². The summed E-state index contributed by atoms with van der Waals surface area (Å²) in [6, 6.07) is 3.75. The summed E-state index contributed by atoms with van der Waals surface area (Å²) in [5, 5.41) is 10.9. The van der Waals surface area contributed by atoms with E-state index in [4.69, 9.17) is 10.00 Å². The normalized spacial score (nSPS) is 12.0. The minimum Gasteiger partial charge on any atom is -0.465 e. The van der Waals surface area contributed by atoms with Crippen LogP contribution in [0.1, 0.15) is 18.5 Å². The summed E-state index contributed by atoms with van der Waals surface area (Å²) in [4.78, 5) is 19.7. The highest BCUT2D eigenvalue weighted by atomic mass is 32.1. The molecule has 6 heteroatoms. The van der Waals surface area contributed by atoms with E-state index in [9.17, 15) is 4.79 Å². The second kappa shape index (κ2) is 4.89. The predicted octanol–water partition coefficient (Wildman–Crippen LogP) is 1.86. The second-order valence-corrected chi connectivity index (χ2v) is 4.12. The zero-order chi connectivity index (χ0) is 12.3. The van der Waals surface area contributed by atoms with Crippen LogP contribution in [0.2, 0.25) is 0 Å². The van der Waals surface area contributed by atoms with Gasteiger partial charge in [0, 0.05) is 0 Å². The van der Waals surface area contributed by atoms with Crippen molar-refractivity contribution < 1.29 is 9.53 Å². The van der Waals surface area contributed by atoms with Gasteiger partial charge >= 0.3 is 5.97 Å². The monoisotopic (exact) mass is 247 g/mol. The van der Waals surface area contributed by atoms with Crippen molar-refractivity contribution in [1.29, 1.82) is 5.26 Å². The number of hydrogen-bond donors (Lipinski definition) is 0. The summed E-state index contributed by atoms with van der Waals surface area (Å²) in [7, 11) is 0. The Morgan fingerprint density at radius 2 is 2.47 bits per heavy atom. The molecule has 17 heavy (non-hydrogen) atoms. The third-order valence-corrected chi connectivity index (χ3v) is 3.12. The fourth-order valence-electron chi connectivity index (χ4n) is 1.46. The van der Waals surface area contributed by atoms with Crippen LogP contribution in [-0.2, 0) is 9.53 Å². The van der Waals surface area contributed by atoms with Gasteiger partial charge in [-0.1, -0.05) is 0 Å². The zero-order valence-corrected chi connectivity index (χ0v) is 9.90. The summed E-state index contributed by atoms with van der Waals surface area (Å²) >= 11 is 1.41. The average Bonchev–Trinajstić information content (AvgIpc) is 2.79. The van der Waals surface area contributed by atoms with E-state index in [1.807, 2.05) is 17.5 Å². The van der Waals surface area contributed by atoms with Crippen LogP contribution in [0.4, 0.5) is 0 Å². The molecule has 2 heterocycles. The fraction of sp³-hybridized carbons (Fsp3) is 0.273. The van der Waals surface area contributed by atoms with E-state index in [-0.39, 0.29) is 6.61 Å². The van der Waals surface area contributed by atoms with E-state index in [1.54, 1.807) is 6.92 Å². The van der Waals surface area contributed by atoms with Crippen molar-refractivity contribution in [2.45, 2.75) is 12.8 Å². The van der Waals surface area contributed by atoms with Crippen LogP contribution >= 0.6 is 11.3 Å². The molecule has 2 aromatic heterocycles. The van der Waals surface area contributed by atoms with Crippen LogP contribution < -0.4 is 0 Å². The summed E-state index contributed by atoms with van der Waals surface area (Å²) < 4.78 is 5.61. The number of fused-ring (bicyclic) bond motifs is 1. The maximum atomic E-state index is 11.6. The number of thiophene rings is 1. The summed E-state index contributed by atoms with van der Waals surface area (Å²) in [5.41, 5.74) is 1.16. The van der Waals surface area contributed by atoms with E-state index in [2.05, 4.69) is 9.97 Å². The van der Waals surface area contributed by atoms with Crippen molar-refractivity contribution in [3.05, 3.63) is 23.5 Å². The lowest BCUT2D eigenvalue weighted by molar-refractivity contribution is -0.143. The van der Waals surface area contributed by atoms with Crippen LogP contribution in [0.3, 0.4) is 0 Å². The summed E-state index contributed by atoms with van der Waals surface area (Å²) in [5.74, 6) is -1.55. The summed E-state index contributed by atoms with van der Waals surface area (Å²) in [6.07, 6.45) is 1.36. The first-order chi connectivity index (χ1) is 8.27. The van der Waals surface area contributed by atoms with Gasteiger partial charge in [0.15, 0.2) is 5.92 Å². The van der Waals surface area contributed by atoms with Gasteiger partial charge in [-0.05, 0) is 18.4 Å². The number of aromatic nitrogens is 2. The highest BCUT2D eigenvalue weighted by Gasteiger charge is 2.25. The van der Waals surface area contributed by atoms with E-state index in [1.165, 1.54) is 17.7 Å². The molecule has 0 amide bonds. The Bertz CT molecular complexity index is 588. The Labute approximate surface area is 102 Å². The molecule has 0 saturated heterocycles. The Balaban J connectivity index is 2.47. The number of hydrogen-bond acceptors (Lipinski definition) is 6. The van der Waals surface area contributed by atoms with Gasteiger partial charge in [0.2, 0.25) is 0 Å². The van der Waals surface area contributed by atoms with E-state index in [0.29, 0.717) is 5.69 Å². The van der Waals surface area contributed by atoms with Gasteiger partial charge in [-0.2, -0.15) is 5.26 Å². The Morgan fingerprint density at radius 3 is 3.18 bits per heavy atom. The van der Waals surface area contributed by atoms with Crippen LogP contribution in [-0.4, -0.2) is 22.5 Å². The Kier molecular flexibility index (Phi) is 3.30. The second-order valence-electron chi connectivity index (χ2n) is 3.21. The van der Waals surface area contributed by atoms with Crippen molar-refractivity contribution in [2.75, 3.05) is 6.61 Å². The quantitative estimate of drug-likeness (QED) is 0.774. The number of rotatable bonds is 3. The molecular formula is C11H9N3O2S. The molecule has 0 bridgehead atoms. The van der Waals surface area contributed by atoms with E-state index < -0.39 is 11.9 Å². The molecular weight excluding hydrogens is 238 g/mol.